The molecule has 1 aromatic heterocycles. The molecular weight excluding hydrogens is 384 g/mol. The minimum atomic E-state index is -5.03. The van der Waals surface area contributed by atoms with Crippen molar-refractivity contribution in [2.45, 2.75) is 12.4 Å². The maximum Gasteiger partial charge on any atom is 0.453 e. The molecule has 0 aliphatic rings. The Morgan fingerprint density at radius 1 is 1.05 bits per heavy atom. The maximum atomic E-state index is 12.8. The molecule has 3 N–H and O–H groups in total. The van der Waals surface area contributed by atoms with Crippen LogP contribution in [0.2, 0.25) is 0 Å². The minimum Gasteiger partial charge on any atom is -0.504 e. The molecule has 0 radical (unpaired) electrons. The Bertz CT molecular complexity index is 720. The van der Waals surface area contributed by atoms with Gasteiger partial charge in [0.15, 0.2) is 5.75 Å². The van der Waals surface area contributed by atoms with Crippen LogP contribution >= 0.6 is 15.9 Å². The average Bonchev–Trinajstić information content (AvgIpc) is 2.64. The summed E-state index contributed by atoms with van der Waals surface area (Å²) in [6.45, 7) is 0. The van der Waals surface area contributed by atoms with E-state index >= 15 is 0 Å². The molecule has 120 valence electrons. The maximum absolute atomic E-state index is 12.8. The first-order valence-corrected chi connectivity index (χ1v) is 6.27. The summed E-state index contributed by atoms with van der Waals surface area (Å²) in [5, 5.41) is 9.57. The van der Waals surface area contributed by atoms with Crippen molar-refractivity contribution in [3.8, 4) is 16.9 Å². The van der Waals surface area contributed by atoms with Crippen molar-refractivity contribution in [1.29, 1.82) is 0 Å². The number of hydrogen-bond acceptors (Lipinski definition) is 3. The van der Waals surface area contributed by atoms with Gasteiger partial charge in [-0.05, 0) is 17.7 Å². The van der Waals surface area contributed by atoms with Crippen LogP contribution in [-0.2, 0) is 12.4 Å². The fraction of sp³-hybridized carbons (Fsp3) is 0.167. The molecule has 0 fully saturated rings. The van der Waals surface area contributed by atoms with Crippen LogP contribution in [0.25, 0.3) is 11.1 Å². The number of alkyl halides is 6. The molecule has 0 aliphatic heterocycles. The molecule has 22 heavy (non-hydrogen) atoms. The smallest absolute Gasteiger partial charge is 0.453 e. The lowest BCUT2D eigenvalue weighted by molar-refractivity contribution is -0.153. The fourth-order valence-electron chi connectivity index (χ4n) is 1.81. The third kappa shape index (κ3) is 2.87. The van der Waals surface area contributed by atoms with Crippen LogP contribution < -0.4 is 5.73 Å². The molecule has 0 spiro atoms. The van der Waals surface area contributed by atoms with Crippen LogP contribution in [0.4, 0.5) is 32.2 Å². The number of benzene rings is 1. The first-order chi connectivity index (χ1) is 9.93. The van der Waals surface area contributed by atoms with Crippen molar-refractivity contribution < 1.29 is 35.9 Å². The van der Waals surface area contributed by atoms with Gasteiger partial charge in [-0.25, -0.2) is 0 Å². The lowest BCUT2D eigenvalue weighted by atomic mass is 10.0. The van der Waals surface area contributed by atoms with Crippen LogP contribution in [0, 0.1) is 0 Å². The highest BCUT2D eigenvalue weighted by atomic mass is 79.9. The zero-order valence-corrected chi connectivity index (χ0v) is 11.9. The Labute approximate surface area is 127 Å². The number of rotatable bonds is 1. The summed E-state index contributed by atoms with van der Waals surface area (Å²) < 4.78 is 80.1. The monoisotopic (exact) mass is 389 g/mol. The van der Waals surface area contributed by atoms with E-state index in [0.717, 1.165) is 12.1 Å². The van der Waals surface area contributed by atoms with Gasteiger partial charge in [0.25, 0.3) is 5.76 Å². The number of nitrogen functional groups attached to an aromatic ring is 1. The lowest BCUT2D eigenvalue weighted by Crippen LogP contribution is -2.06. The van der Waals surface area contributed by atoms with Crippen molar-refractivity contribution in [1.82, 2.24) is 0 Å². The summed E-state index contributed by atoms with van der Waals surface area (Å²) >= 11 is 2.70. The number of halogens is 7. The summed E-state index contributed by atoms with van der Waals surface area (Å²) in [6, 6.07) is 2.61. The normalized spacial score (nSPS) is 12.7. The van der Waals surface area contributed by atoms with Crippen molar-refractivity contribution in [3.63, 3.8) is 0 Å². The summed E-state index contributed by atoms with van der Waals surface area (Å²) in [7, 11) is 0. The SMILES string of the molecule is Nc1oc(C(F)(F)F)c(O)c1-c1ccc(Br)c(C(F)(F)F)c1. The molecule has 2 rings (SSSR count). The van der Waals surface area contributed by atoms with E-state index in [4.69, 9.17) is 5.73 Å². The number of nitrogens with two attached hydrogens (primary N) is 1. The molecule has 1 heterocycles. The number of anilines is 1. The van der Waals surface area contributed by atoms with Gasteiger partial charge >= 0.3 is 12.4 Å². The predicted octanol–water partition coefficient (Wildman–Crippen LogP) is 5.03. The van der Waals surface area contributed by atoms with E-state index in [9.17, 15) is 31.4 Å². The molecule has 0 aliphatic carbocycles. The van der Waals surface area contributed by atoms with Crippen LogP contribution in [-0.4, -0.2) is 5.11 Å². The molecule has 0 unspecified atom stereocenters. The summed E-state index contributed by atoms with van der Waals surface area (Å²) in [5.41, 5.74) is 3.12. The molecule has 0 saturated heterocycles. The molecule has 0 bridgehead atoms. The molecule has 2 aromatic rings. The Morgan fingerprint density at radius 3 is 2.09 bits per heavy atom. The highest BCUT2D eigenvalue weighted by molar-refractivity contribution is 9.10. The second-order valence-electron chi connectivity index (χ2n) is 4.21. The van der Waals surface area contributed by atoms with Crippen LogP contribution in [0.5, 0.6) is 5.75 Å². The van der Waals surface area contributed by atoms with E-state index in [1.165, 1.54) is 0 Å². The third-order valence-corrected chi connectivity index (χ3v) is 3.42. The zero-order chi connectivity index (χ0) is 16.9. The second-order valence-corrected chi connectivity index (χ2v) is 5.06. The van der Waals surface area contributed by atoms with E-state index in [0.29, 0.717) is 6.07 Å². The quantitative estimate of drug-likeness (QED) is 0.672. The number of furan rings is 1. The zero-order valence-electron chi connectivity index (χ0n) is 10.3. The third-order valence-electron chi connectivity index (χ3n) is 2.73. The van der Waals surface area contributed by atoms with Gasteiger partial charge in [-0.3, -0.25) is 0 Å². The van der Waals surface area contributed by atoms with E-state index < -0.39 is 40.9 Å². The largest absolute Gasteiger partial charge is 0.504 e. The standard InChI is InChI=1S/C12H6BrF6NO2/c13-6-2-1-4(3-5(6)11(14,15)16)7-8(21)9(12(17,18)19)22-10(7)20/h1-3,21H,20H2. The summed E-state index contributed by atoms with van der Waals surface area (Å²) in [6.07, 6.45) is -9.77. The summed E-state index contributed by atoms with van der Waals surface area (Å²) in [5.74, 6) is -3.96. The molecule has 10 heteroatoms. The average molecular weight is 390 g/mol. The Hall–Kier alpha value is -1.84. The molecule has 1 aromatic carbocycles. The molecule has 3 nitrogen and oxygen atoms in total. The van der Waals surface area contributed by atoms with E-state index in [1.807, 2.05) is 0 Å². The number of hydrogen-bond donors (Lipinski definition) is 2. The minimum absolute atomic E-state index is 0.304. The fourth-order valence-corrected chi connectivity index (χ4v) is 2.28. The molecular formula is C12H6BrF6NO2. The van der Waals surface area contributed by atoms with Crippen molar-refractivity contribution >= 4 is 21.8 Å². The van der Waals surface area contributed by atoms with Gasteiger partial charge < -0.3 is 15.3 Å². The molecule has 0 atom stereocenters. The first-order valence-electron chi connectivity index (χ1n) is 5.48. The van der Waals surface area contributed by atoms with E-state index in [2.05, 4.69) is 20.3 Å². The lowest BCUT2D eigenvalue weighted by Gasteiger charge is -2.11. The number of aromatic hydroxyl groups is 1. The van der Waals surface area contributed by atoms with Crippen molar-refractivity contribution in [2.75, 3.05) is 5.73 Å². The Kier molecular flexibility index (Phi) is 3.84. The van der Waals surface area contributed by atoms with Crippen molar-refractivity contribution in [2.24, 2.45) is 0 Å². The second kappa shape index (κ2) is 5.11. The summed E-state index contributed by atoms with van der Waals surface area (Å²) in [4.78, 5) is 0. The Balaban J connectivity index is 2.66. The van der Waals surface area contributed by atoms with Crippen molar-refractivity contribution in [3.05, 3.63) is 34.0 Å². The van der Waals surface area contributed by atoms with Gasteiger partial charge in [-0.2, -0.15) is 26.3 Å². The highest BCUT2D eigenvalue weighted by Gasteiger charge is 2.41. The van der Waals surface area contributed by atoms with Gasteiger partial charge in [0.1, 0.15) is 0 Å². The molecule has 0 amide bonds. The van der Waals surface area contributed by atoms with Gasteiger partial charge in [0.05, 0.1) is 11.1 Å². The van der Waals surface area contributed by atoms with E-state index in [1.54, 1.807) is 0 Å². The van der Waals surface area contributed by atoms with Crippen LogP contribution in [0.3, 0.4) is 0 Å². The van der Waals surface area contributed by atoms with Gasteiger partial charge in [-0.1, -0.05) is 22.0 Å². The van der Waals surface area contributed by atoms with Gasteiger partial charge in [-0.15, -0.1) is 0 Å². The highest BCUT2D eigenvalue weighted by Crippen LogP contribution is 2.48. The Morgan fingerprint density at radius 2 is 1.64 bits per heavy atom. The van der Waals surface area contributed by atoms with Gasteiger partial charge in [0, 0.05) is 4.47 Å². The van der Waals surface area contributed by atoms with Gasteiger partial charge in [0.2, 0.25) is 5.88 Å². The predicted molar refractivity (Wildman–Crippen MR) is 67.9 cm³/mol. The van der Waals surface area contributed by atoms with Crippen LogP contribution in [0.1, 0.15) is 11.3 Å². The topological polar surface area (TPSA) is 59.4 Å². The molecule has 0 saturated carbocycles. The van der Waals surface area contributed by atoms with E-state index in [-0.39, 0.29) is 10.0 Å². The van der Waals surface area contributed by atoms with Crippen LogP contribution in [0.15, 0.2) is 27.1 Å². The first kappa shape index (κ1) is 16.5.